The SMILES string of the molecule is CCNC(C)c1ccc(NC(=O)C2CCCC2)cc1. The molecule has 1 saturated carbocycles. The van der Waals surface area contributed by atoms with Gasteiger partial charge in [0.05, 0.1) is 0 Å². The molecule has 0 saturated heterocycles. The molecule has 0 aliphatic heterocycles. The highest BCUT2D eigenvalue weighted by molar-refractivity contribution is 5.92. The van der Waals surface area contributed by atoms with Crippen LogP contribution in [0, 0.1) is 5.92 Å². The molecule has 1 atom stereocenters. The minimum absolute atomic E-state index is 0.185. The normalized spacial score (nSPS) is 17.4. The monoisotopic (exact) mass is 260 g/mol. The Labute approximate surface area is 115 Å². The first-order valence-corrected chi connectivity index (χ1v) is 7.35. The second-order valence-corrected chi connectivity index (χ2v) is 5.37. The Bertz CT molecular complexity index is 407. The van der Waals surface area contributed by atoms with Crippen LogP contribution < -0.4 is 10.6 Å². The van der Waals surface area contributed by atoms with Crippen LogP contribution in [0.1, 0.15) is 51.1 Å². The van der Waals surface area contributed by atoms with E-state index in [0.29, 0.717) is 6.04 Å². The van der Waals surface area contributed by atoms with Crippen LogP contribution in [-0.2, 0) is 4.79 Å². The highest BCUT2D eigenvalue weighted by Crippen LogP contribution is 2.26. The smallest absolute Gasteiger partial charge is 0.227 e. The molecular formula is C16H24N2O. The molecule has 0 radical (unpaired) electrons. The lowest BCUT2D eigenvalue weighted by molar-refractivity contribution is -0.119. The molecule has 104 valence electrons. The van der Waals surface area contributed by atoms with Crippen molar-refractivity contribution in [3.8, 4) is 0 Å². The molecule has 1 unspecified atom stereocenters. The quantitative estimate of drug-likeness (QED) is 0.851. The van der Waals surface area contributed by atoms with Crippen molar-refractivity contribution in [1.29, 1.82) is 0 Å². The van der Waals surface area contributed by atoms with Gasteiger partial charge >= 0.3 is 0 Å². The van der Waals surface area contributed by atoms with Crippen molar-refractivity contribution in [2.45, 2.75) is 45.6 Å². The highest BCUT2D eigenvalue weighted by atomic mass is 16.1. The fourth-order valence-corrected chi connectivity index (χ4v) is 2.71. The second-order valence-electron chi connectivity index (χ2n) is 5.37. The van der Waals surface area contributed by atoms with Gasteiger partial charge in [-0.15, -0.1) is 0 Å². The minimum atomic E-state index is 0.185. The zero-order chi connectivity index (χ0) is 13.7. The van der Waals surface area contributed by atoms with E-state index in [2.05, 4.69) is 36.6 Å². The maximum absolute atomic E-state index is 12.0. The summed E-state index contributed by atoms with van der Waals surface area (Å²) in [4.78, 5) is 12.0. The third-order valence-corrected chi connectivity index (χ3v) is 3.91. The summed E-state index contributed by atoms with van der Waals surface area (Å²) in [5, 5.41) is 6.40. The third kappa shape index (κ3) is 3.80. The first-order valence-electron chi connectivity index (χ1n) is 7.35. The average Bonchev–Trinajstić information content (AvgIpc) is 2.94. The predicted molar refractivity (Wildman–Crippen MR) is 79.1 cm³/mol. The second kappa shape index (κ2) is 6.71. The van der Waals surface area contributed by atoms with Gasteiger partial charge in [-0.2, -0.15) is 0 Å². The lowest BCUT2D eigenvalue weighted by atomic mass is 10.1. The van der Waals surface area contributed by atoms with Crippen molar-refractivity contribution in [1.82, 2.24) is 5.32 Å². The van der Waals surface area contributed by atoms with Crippen LogP contribution in [0.4, 0.5) is 5.69 Å². The van der Waals surface area contributed by atoms with Crippen LogP contribution in [0.25, 0.3) is 0 Å². The maximum atomic E-state index is 12.0. The minimum Gasteiger partial charge on any atom is -0.326 e. The van der Waals surface area contributed by atoms with E-state index in [-0.39, 0.29) is 11.8 Å². The molecule has 1 aromatic rings. The molecule has 3 heteroatoms. The van der Waals surface area contributed by atoms with Gasteiger partial charge in [0.1, 0.15) is 0 Å². The molecule has 2 rings (SSSR count). The van der Waals surface area contributed by atoms with Crippen LogP contribution >= 0.6 is 0 Å². The van der Waals surface area contributed by atoms with Gasteiger partial charge in [-0.1, -0.05) is 31.9 Å². The van der Waals surface area contributed by atoms with Gasteiger partial charge in [-0.3, -0.25) is 4.79 Å². The van der Waals surface area contributed by atoms with Crippen LogP contribution in [0.2, 0.25) is 0 Å². The molecule has 1 fully saturated rings. The number of carbonyl (C=O) groups excluding carboxylic acids is 1. The van der Waals surface area contributed by atoms with E-state index in [9.17, 15) is 4.79 Å². The van der Waals surface area contributed by atoms with Gasteiger partial charge in [0, 0.05) is 17.6 Å². The largest absolute Gasteiger partial charge is 0.326 e. The fraction of sp³-hybridized carbons (Fsp3) is 0.562. The lowest BCUT2D eigenvalue weighted by Crippen LogP contribution is -2.20. The van der Waals surface area contributed by atoms with Crippen LogP contribution in [0.3, 0.4) is 0 Å². The number of hydrogen-bond donors (Lipinski definition) is 2. The molecule has 0 aromatic heterocycles. The van der Waals surface area contributed by atoms with Gasteiger partial charge < -0.3 is 10.6 Å². The number of hydrogen-bond acceptors (Lipinski definition) is 2. The fourth-order valence-electron chi connectivity index (χ4n) is 2.71. The number of anilines is 1. The van der Waals surface area contributed by atoms with Crippen molar-refractivity contribution in [3.05, 3.63) is 29.8 Å². The Kier molecular flexibility index (Phi) is 4.97. The summed E-state index contributed by atoms with van der Waals surface area (Å²) >= 11 is 0. The van der Waals surface area contributed by atoms with Crippen molar-refractivity contribution in [2.75, 3.05) is 11.9 Å². The summed E-state index contributed by atoms with van der Waals surface area (Å²) in [6, 6.07) is 8.51. The number of benzene rings is 1. The van der Waals surface area contributed by atoms with E-state index in [1.165, 1.54) is 18.4 Å². The molecule has 0 heterocycles. The van der Waals surface area contributed by atoms with Gasteiger partial charge in [-0.25, -0.2) is 0 Å². The topological polar surface area (TPSA) is 41.1 Å². The Morgan fingerprint density at radius 1 is 1.26 bits per heavy atom. The Morgan fingerprint density at radius 2 is 1.89 bits per heavy atom. The molecule has 0 bridgehead atoms. The molecule has 1 aromatic carbocycles. The van der Waals surface area contributed by atoms with Crippen molar-refractivity contribution >= 4 is 11.6 Å². The molecule has 3 nitrogen and oxygen atoms in total. The van der Waals surface area contributed by atoms with E-state index < -0.39 is 0 Å². The van der Waals surface area contributed by atoms with E-state index in [1.807, 2.05) is 12.1 Å². The molecule has 1 aliphatic rings. The molecule has 1 amide bonds. The Balaban J connectivity index is 1.92. The molecule has 1 aliphatic carbocycles. The molecule has 2 N–H and O–H groups in total. The molecular weight excluding hydrogens is 236 g/mol. The summed E-state index contributed by atoms with van der Waals surface area (Å²) in [7, 11) is 0. The Morgan fingerprint density at radius 3 is 2.47 bits per heavy atom. The summed E-state index contributed by atoms with van der Waals surface area (Å²) in [6.45, 7) is 5.21. The summed E-state index contributed by atoms with van der Waals surface area (Å²) in [5.41, 5.74) is 2.16. The summed E-state index contributed by atoms with van der Waals surface area (Å²) < 4.78 is 0. The summed E-state index contributed by atoms with van der Waals surface area (Å²) in [5.74, 6) is 0.408. The van der Waals surface area contributed by atoms with Gasteiger partial charge in [0.25, 0.3) is 0 Å². The number of amides is 1. The highest BCUT2D eigenvalue weighted by Gasteiger charge is 2.22. The zero-order valence-corrected chi connectivity index (χ0v) is 11.9. The predicted octanol–water partition coefficient (Wildman–Crippen LogP) is 3.49. The van der Waals surface area contributed by atoms with Gasteiger partial charge in [-0.05, 0) is 44.0 Å². The number of rotatable bonds is 5. The standard InChI is InChI=1S/C16H24N2O/c1-3-17-12(2)13-8-10-15(11-9-13)18-16(19)14-6-4-5-7-14/h8-12,14,17H,3-7H2,1-2H3,(H,18,19). The van der Waals surface area contributed by atoms with E-state index in [1.54, 1.807) is 0 Å². The van der Waals surface area contributed by atoms with E-state index in [4.69, 9.17) is 0 Å². The zero-order valence-electron chi connectivity index (χ0n) is 11.9. The summed E-state index contributed by atoms with van der Waals surface area (Å²) in [6.07, 6.45) is 4.47. The van der Waals surface area contributed by atoms with Gasteiger partial charge in [0.2, 0.25) is 5.91 Å². The Hall–Kier alpha value is -1.35. The lowest BCUT2D eigenvalue weighted by Gasteiger charge is -2.14. The number of nitrogens with one attached hydrogen (secondary N) is 2. The molecule has 0 spiro atoms. The van der Waals surface area contributed by atoms with Crippen molar-refractivity contribution < 1.29 is 4.79 Å². The average molecular weight is 260 g/mol. The van der Waals surface area contributed by atoms with E-state index >= 15 is 0 Å². The van der Waals surface area contributed by atoms with E-state index in [0.717, 1.165) is 25.1 Å². The van der Waals surface area contributed by atoms with Crippen LogP contribution in [0.15, 0.2) is 24.3 Å². The first-order chi connectivity index (χ1) is 9.20. The maximum Gasteiger partial charge on any atom is 0.227 e. The van der Waals surface area contributed by atoms with Gasteiger partial charge in [0.15, 0.2) is 0 Å². The molecule has 19 heavy (non-hydrogen) atoms. The first kappa shape index (κ1) is 14.1. The number of carbonyl (C=O) groups is 1. The van der Waals surface area contributed by atoms with Crippen molar-refractivity contribution in [3.63, 3.8) is 0 Å². The third-order valence-electron chi connectivity index (χ3n) is 3.91. The van der Waals surface area contributed by atoms with Crippen LogP contribution in [-0.4, -0.2) is 12.5 Å². The van der Waals surface area contributed by atoms with Crippen molar-refractivity contribution in [2.24, 2.45) is 5.92 Å². The van der Waals surface area contributed by atoms with Crippen LogP contribution in [0.5, 0.6) is 0 Å².